The molecular formula is C27H40N2O3S. The number of hydrogen-bond donors (Lipinski definition) is 2. The molecule has 4 rings (SSSR count). The first kappa shape index (κ1) is 24.6. The van der Waals surface area contributed by atoms with Crippen LogP contribution in [-0.4, -0.2) is 57.7 Å². The first-order valence-electron chi connectivity index (χ1n) is 12.3. The second-order valence-corrected chi connectivity index (χ2v) is 11.8. The summed E-state index contributed by atoms with van der Waals surface area (Å²) in [6, 6.07) is 8.05. The average Bonchev–Trinajstić information content (AvgIpc) is 2.81. The van der Waals surface area contributed by atoms with Crippen LogP contribution in [-0.2, 0) is 4.74 Å². The summed E-state index contributed by atoms with van der Waals surface area (Å²) in [5.41, 5.74) is 5.00. The van der Waals surface area contributed by atoms with Gasteiger partial charge >= 0.3 is 0 Å². The highest BCUT2D eigenvalue weighted by atomic mass is 32.3. The van der Waals surface area contributed by atoms with Crippen molar-refractivity contribution in [1.82, 2.24) is 9.21 Å². The van der Waals surface area contributed by atoms with E-state index in [0.717, 1.165) is 31.4 Å². The summed E-state index contributed by atoms with van der Waals surface area (Å²) in [5, 5.41) is 0. The van der Waals surface area contributed by atoms with E-state index in [1.165, 1.54) is 29.7 Å². The van der Waals surface area contributed by atoms with Crippen molar-refractivity contribution in [2.45, 2.75) is 63.8 Å². The number of methoxy groups -OCH3 is 1. The van der Waals surface area contributed by atoms with Gasteiger partial charge in [0, 0.05) is 43.9 Å². The zero-order valence-corrected chi connectivity index (χ0v) is 21.4. The summed E-state index contributed by atoms with van der Waals surface area (Å²) in [6.45, 7) is 9.41. The summed E-state index contributed by atoms with van der Waals surface area (Å²) in [4.78, 5) is 3.19. The fourth-order valence-electron chi connectivity index (χ4n) is 5.58. The van der Waals surface area contributed by atoms with Crippen LogP contribution in [0.2, 0.25) is 0 Å². The van der Waals surface area contributed by atoms with Crippen LogP contribution in [0.5, 0.6) is 0 Å². The van der Waals surface area contributed by atoms with E-state index in [0.29, 0.717) is 30.6 Å². The molecule has 2 atom stereocenters. The van der Waals surface area contributed by atoms with Gasteiger partial charge in [-0.05, 0) is 56.4 Å². The first-order chi connectivity index (χ1) is 15.8. The lowest BCUT2D eigenvalue weighted by Gasteiger charge is -2.53. The van der Waals surface area contributed by atoms with Gasteiger partial charge in [-0.3, -0.25) is 9.11 Å². The van der Waals surface area contributed by atoms with E-state index in [1.807, 2.05) is 35.5 Å². The minimum Gasteiger partial charge on any atom is -0.384 e. The van der Waals surface area contributed by atoms with E-state index in [4.69, 9.17) is 4.74 Å². The van der Waals surface area contributed by atoms with Crippen molar-refractivity contribution in [2.24, 2.45) is 5.41 Å². The third kappa shape index (κ3) is 4.69. The highest BCUT2D eigenvalue weighted by Crippen LogP contribution is 2.57. The molecule has 1 aromatic carbocycles. The number of hydrogen-bond acceptors (Lipinski definition) is 5. The molecule has 0 aromatic heterocycles. The zero-order chi connectivity index (χ0) is 23.6. The molecule has 6 heteroatoms. The number of nitrogens with zero attached hydrogens (tertiary/aromatic N) is 2. The topological polar surface area (TPSA) is 56.2 Å². The Morgan fingerprint density at radius 1 is 1.18 bits per heavy atom. The van der Waals surface area contributed by atoms with Crippen LogP contribution < -0.4 is 0 Å². The van der Waals surface area contributed by atoms with Crippen molar-refractivity contribution in [1.29, 1.82) is 0 Å². The maximum absolute atomic E-state index is 11.3. The summed E-state index contributed by atoms with van der Waals surface area (Å²) < 4.78 is 30.2. The Bertz CT molecular complexity index is 937. The van der Waals surface area contributed by atoms with Crippen molar-refractivity contribution >= 4 is 10.8 Å². The Morgan fingerprint density at radius 2 is 1.94 bits per heavy atom. The van der Waals surface area contributed by atoms with Crippen LogP contribution in [0.4, 0.5) is 0 Å². The SMILES string of the molecule is CCCCN1C2=C(C=CC1CC)CC1(COC)CN(S(O)(O)c3ccc(C)cc3)CCC1=C2. The lowest BCUT2D eigenvalue weighted by Crippen LogP contribution is -2.50. The Kier molecular flexibility index (Phi) is 7.41. The number of ether oxygens (including phenoxy) is 1. The number of unbranched alkanes of at least 4 members (excludes halogenated alkanes) is 1. The summed E-state index contributed by atoms with van der Waals surface area (Å²) in [5.74, 6) is 0. The normalized spacial score (nSPS) is 26.2. The van der Waals surface area contributed by atoms with E-state index in [1.54, 1.807) is 7.11 Å². The molecule has 2 unspecified atom stereocenters. The maximum atomic E-state index is 11.3. The Hall–Kier alpha value is -1.57. The van der Waals surface area contributed by atoms with Gasteiger partial charge in [-0.15, -0.1) is 10.8 Å². The van der Waals surface area contributed by atoms with Gasteiger partial charge in [0.25, 0.3) is 0 Å². The molecule has 182 valence electrons. The number of rotatable bonds is 8. The Labute approximate surface area is 201 Å². The third-order valence-corrected chi connectivity index (χ3v) is 9.41. The molecule has 1 aromatic rings. The van der Waals surface area contributed by atoms with Crippen LogP contribution in [0.15, 0.2) is 64.2 Å². The minimum atomic E-state index is -3.04. The molecule has 5 nitrogen and oxygen atoms in total. The van der Waals surface area contributed by atoms with Crippen molar-refractivity contribution < 1.29 is 13.8 Å². The lowest BCUT2D eigenvalue weighted by molar-refractivity contribution is 0.0682. The molecule has 0 amide bonds. The molecule has 1 fully saturated rings. The van der Waals surface area contributed by atoms with Crippen LogP contribution in [0.3, 0.4) is 0 Å². The highest BCUT2D eigenvalue weighted by molar-refractivity contribution is 8.22. The molecule has 2 N–H and O–H groups in total. The van der Waals surface area contributed by atoms with E-state index in [-0.39, 0.29) is 5.41 Å². The van der Waals surface area contributed by atoms with Crippen molar-refractivity contribution in [3.63, 3.8) is 0 Å². The molecule has 2 aliphatic heterocycles. The van der Waals surface area contributed by atoms with Gasteiger partial charge in [0.1, 0.15) is 0 Å². The molecule has 0 bridgehead atoms. The van der Waals surface area contributed by atoms with Crippen LogP contribution >= 0.6 is 10.8 Å². The van der Waals surface area contributed by atoms with Crippen LogP contribution in [0.25, 0.3) is 0 Å². The molecule has 1 saturated heterocycles. The molecule has 2 heterocycles. The van der Waals surface area contributed by atoms with Gasteiger partial charge < -0.3 is 9.64 Å². The van der Waals surface area contributed by atoms with Gasteiger partial charge in [0.2, 0.25) is 0 Å². The molecule has 3 aliphatic rings. The van der Waals surface area contributed by atoms with E-state index < -0.39 is 10.8 Å². The van der Waals surface area contributed by atoms with Crippen molar-refractivity contribution in [3.8, 4) is 0 Å². The van der Waals surface area contributed by atoms with Gasteiger partial charge in [-0.1, -0.05) is 55.7 Å². The van der Waals surface area contributed by atoms with E-state index in [9.17, 15) is 9.11 Å². The van der Waals surface area contributed by atoms with Gasteiger partial charge in [0.15, 0.2) is 0 Å². The van der Waals surface area contributed by atoms with Gasteiger partial charge in [-0.2, -0.15) is 0 Å². The average molecular weight is 473 g/mol. The fraction of sp³-hybridized carbons (Fsp3) is 0.556. The molecule has 1 aliphatic carbocycles. The van der Waals surface area contributed by atoms with E-state index in [2.05, 4.69) is 37.0 Å². The van der Waals surface area contributed by atoms with Gasteiger partial charge in [-0.25, -0.2) is 4.31 Å². The molecule has 33 heavy (non-hydrogen) atoms. The molecular weight excluding hydrogens is 432 g/mol. The number of aryl methyl sites for hydroxylation is 1. The first-order valence-corrected chi connectivity index (χ1v) is 13.8. The van der Waals surface area contributed by atoms with Gasteiger partial charge in [0.05, 0.1) is 11.5 Å². The summed E-state index contributed by atoms with van der Waals surface area (Å²) >= 11 is 0. The minimum absolute atomic E-state index is 0.236. The largest absolute Gasteiger partial charge is 0.384 e. The highest BCUT2D eigenvalue weighted by Gasteiger charge is 2.46. The van der Waals surface area contributed by atoms with Crippen molar-refractivity contribution in [2.75, 3.05) is 33.4 Å². The third-order valence-electron chi connectivity index (χ3n) is 7.48. The summed E-state index contributed by atoms with van der Waals surface area (Å²) in [7, 11) is -1.29. The molecule has 0 spiro atoms. The predicted octanol–water partition coefficient (Wildman–Crippen LogP) is 6.39. The maximum Gasteiger partial charge on any atom is 0.0752 e. The fourth-order valence-corrected chi connectivity index (χ4v) is 7.15. The zero-order valence-electron chi connectivity index (χ0n) is 20.6. The van der Waals surface area contributed by atoms with Crippen molar-refractivity contribution in [3.05, 3.63) is 64.9 Å². The number of fused-ring (bicyclic) bond motifs is 1. The predicted molar refractivity (Wildman–Crippen MR) is 137 cm³/mol. The second kappa shape index (κ2) is 9.96. The lowest BCUT2D eigenvalue weighted by atomic mass is 9.68. The Morgan fingerprint density at radius 3 is 2.61 bits per heavy atom. The molecule has 0 radical (unpaired) electrons. The number of benzene rings is 1. The Balaban J connectivity index is 1.64. The molecule has 0 saturated carbocycles. The monoisotopic (exact) mass is 472 g/mol. The number of piperidine rings is 1. The van der Waals surface area contributed by atoms with Crippen LogP contribution in [0.1, 0.15) is 51.5 Å². The van der Waals surface area contributed by atoms with E-state index >= 15 is 0 Å². The van der Waals surface area contributed by atoms with Crippen LogP contribution in [0, 0.1) is 12.3 Å². The quantitative estimate of drug-likeness (QED) is 0.459. The standard InChI is InChI=1S/C27H40N2O3S/c1-5-7-15-29-24(6-2)11-10-22-18-27(20-32-4)19-28(16-14-23(27)17-26(22)29)33(30,31)25-12-8-21(3)9-13-25/h8-13,17,24,30-31H,5-7,14-16,18-20H2,1-4H3. The second-order valence-electron chi connectivity index (χ2n) is 9.80. The smallest absolute Gasteiger partial charge is 0.0752 e. The number of allylic oxidation sites excluding steroid dienone is 3. The summed E-state index contributed by atoms with van der Waals surface area (Å²) in [6.07, 6.45) is 12.3.